The number of rotatable bonds is 8. The van der Waals surface area contributed by atoms with Crippen molar-refractivity contribution in [3.05, 3.63) is 83.7 Å². The second-order valence-corrected chi connectivity index (χ2v) is 12.3. The van der Waals surface area contributed by atoms with Gasteiger partial charge in [-0.2, -0.15) is 18.3 Å². The average molecular weight is 646 g/mol. The van der Waals surface area contributed by atoms with Crippen molar-refractivity contribution in [2.75, 3.05) is 20.3 Å². The summed E-state index contributed by atoms with van der Waals surface area (Å²) < 4.78 is 57.8. The lowest BCUT2D eigenvalue weighted by molar-refractivity contribution is -0.265. The van der Waals surface area contributed by atoms with Crippen LogP contribution < -0.4 is 20.5 Å². The summed E-state index contributed by atoms with van der Waals surface area (Å²) >= 11 is 0. The number of aliphatic hydroxyl groups is 1. The number of carbonyl (C=O) groups is 2. The van der Waals surface area contributed by atoms with Crippen molar-refractivity contribution in [3.63, 3.8) is 0 Å². The van der Waals surface area contributed by atoms with E-state index in [0.29, 0.717) is 16.5 Å². The second kappa shape index (κ2) is 10.7. The van der Waals surface area contributed by atoms with Gasteiger partial charge < -0.3 is 25.6 Å². The smallest absolute Gasteiger partial charge is 0.424 e. The third-order valence-corrected chi connectivity index (χ3v) is 9.03. The Kier molecular flexibility index (Phi) is 6.94. The first-order valence-corrected chi connectivity index (χ1v) is 14.9. The van der Waals surface area contributed by atoms with E-state index in [-0.39, 0.29) is 41.0 Å². The van der Waals surface area contributed by atoms with Crippen LogP contribution in [0.5, 0.6) is 11.5 Å². The Bertz CT molecular complexity index is 2090. The lowest BCUT2D eigenvalue weighted by Gasteiger charge is -2.31. The van der Waals surface area contributed by atoms with Crippen molar-refractivity contribution in [2.45, 2.75) is 43.0 Å². The van der Waals surface area contributed by atoms with Gasteiger partial charge in [0.05, 0.1) is 25.4 Å². The number of primary amides is 1. The number of nitrogens with one attached hydrogen (secondary N) is 1. The molecule has 2 aromatic heterocycles. The summed E-state index contributed by atoms with van der Waals surface area (Å²) in [6.07, 6.45) is -1.59. The largest absolute Gasteiger partial charge is 0.494 e. The summed E-state index contributed by atoms with van der Waals surface area (Å²) in [4.78, 5) is 30.2. The maximum atomic E-state index is 14.9. The highest BCUT2D eigenvalue weighted by atomic mass is 19.4. The molecule has 47 heavy (non-hydrogen) atoms. The van der Waals surface area contributed by atoms with Crippen molar-refractivity contribution in [3.8, 4) is 22.8 Å². The van der Waals surface area contributed by atoms with E-state index in [1.807, 2.05) is 24.3 Å². The minimum absolute atomic E-state index is 0.00917. The Morgan fingerprint density at radius 2 is 1.85 bits per heavy atom. The van der Waals surface area contributed by atoms with Gasteiger partial charge in [-0.15, -0.1) is 0 Å². The summed E-state index contributed by atoms with van der Waals surface area (Å²) in [5.74, 6) is -1.33. The molecular formula is C34H30F3N5O5. The van der Waals surface area contributed by atoms with Crippen molar-refractivity contribution in [1.82, 2.24) is 20.1 Å². The van der Waals surface area contributed by atoms with Crippen LogP contribution in [-0.4, -0.2) is 58.1 Å². The standard InChI is InChI=1S/C34H30F3N5O5/c1-32(31(38)44)17-47-29-24(32)14-26(40-28(29)20-8-7-18-5-3-4-6-19(18)11-20)33(45,34(35,36)37)16-39-30(43)21-12-22-15-42(23-9-10-23)41-27(22)25(13-21)46-2/h3-8,11-15,23,45H,9-10,16-17H2,1-2H3,(H2,38,44)(H,39,43)/t32-,33-/m0/s1. The molecule has 1 saturated carbocycles. The number of nitrogens with zero attached hydrogens (tertiary/aromatic N) is 3. The van der Waals surface area contributed by atoms with Gasteiger partial charge in [0, 0.05) is 28.3 Å². The number of carbonyl (C=O) groups excluding carboxylic acids is 2. The van der Waals surface area contributed by atoms with Crippen LogP contribution in [0.1, 0.15) is 47.4 Å². The number of aromatic nitrogens is 3. The number of halogens is 3. The molecule has 0 spiro atoms. The van der Waals surface area contributed by atoms with Gasteiger partial charge in [0.15, 0.2) is 0 Å². The van der Waals surface area contributed by atoms with Crippen LogP contribution in [0.25, 0.3) is 32.9 Å². The number of alkyl halides is 3. The van der Waals surface area contributed by atoms with Gasteiger partial charge in [-0.3, -0.25) is 14.3 Å². The molecule has 1 fully saturated rings. The lowest BCUT2D eigenvalue weighted by Crippen LogP contribution is -2.51. The fourth-order valence-electron chi connectivity index (χ4n) is 5.91. The predicted molar refractivity (Wildman–Crippen MR) is 166 cm³/mol. The number of pyridine rings is 1. The molecular weight excluding hydrogens is 615 g/mol. The molecule has 2 atom stereocenters. The summed E-state index contributed by atoms with van der Waals surface area (Å²) in [5, 5.41) is 20.5. The molecule has 3 aromatic carbocycles. The molecule has 2 amide bonds. The molecule has 0 radical (unpaired) electrons. The number of fused-ring (bicyclic) bond motifs is 3. The summed E-state index contributed by atoms with van der Waals surface area (Å²) in [6, 6.07) is 16.7. The number of hydrogen-bond acceptors (Lipinski definition) is 7. The molecule has 4 N–H and O–H groups in total. The van der Waals surface area contributed by atoms with E-state index in [2.05, 4.69) is 15.4 Å². The zero-order chi connectivity index (χ0) is 33.3. The second-order valence-electron chi connectivity index (χ2n) is 12.3. The highest BCUT2D eigenvalue weighted by Gasteiger charge is 2.57. The van der Waals surface area contributed by atoms with Crippen LogP contribution in [0.2, 0.25) is 0 Å². The third-order valence-electron chi connectivity index (χ3n) is 9.03. The van der Waals surface area contributed by atoms with E-state index < -0.39 is 41.2 Å². The predicted octanol–water partition coefficient (Wildman–Crippen LogP) is 4.91. The Labute approximate surface area is 266 Å². The molecule has 7 rings (SSSR count). The fourth-order valence-corrected chi connectivity index (χ4v) is 5.91. The molecule has 10 nitrogen and oxygen atoms in total. The van der Waals surface area contributed by atoms with Crippen molar-refractivity contribution < 1.29 is 37.3 Å². The van der Waals surface area contributed by atoms with Crippen LogP contribution in [0.4, 0.5) is 13.2 Å². The number of methoxy groups -OCH3 is 1. The highest BCUT2D eigenvalue weighted by molar-refractivity contribution is 6.00. The summed E-state index contributed by atoms with van der Waals surface area (Å²) in [6.45, 7) is -0.0568. The zero-order valence-corrected chi connectivity index (χ0v) is 25.4. The van der Waals surface area contributed by atoms with Crippen LogP contribution in [0.15, 0.2) is 66.9 Å². The molecule has 0 unspecified atom stereocenters. The quantitative estimate of drug-likeness (QED) is 0.218. The Hall–Kier alpha value is -5.17. The first-order valence-electron chi connectivity index (χ1n) is 14.9. The van der Waals surface area contributed by atoms with Gasteiger partial charge in [0.25, 0.3) is 5.91 Å². The Morgan fingerprint density at radius 3 is 2.53 bits per heavy atom. The molecule has 2 aliphatic rings. The maximum Gasteiger partial charge on any atom is 0.424 e. The molecule has 0 bridgehead atoms. The van der Waals surface area contributed by atoms with E-state index in [0.717, 1.165) is 29.7 Å². The van der Waals surface area contributed by atoms with Gasteiger partial charge in [0.1, 0.15) is 34.7 Å². The lowest BCUT2D eigenvalue weighted by atomic mass is 9.81. The molecule has 1 aliphatic carbocycles. The van der Waals surface area contributed by atoms with Gasteiger partial charge in [0.2, 0.25) is 11.5 Å². The number of ether oxygens (including phenoxy) is 2. The molecule has 13 heteroatoms. The number of nitrogens with two attached hydrogens (primary N) is 1. The minimum atomic E-state index is -5.31. The SMILES string of the molecule is COc1cc(C(=O)NC[C@](O)(c2cc3c(c(-c4ccc5ccccc5c4)n2)OC[C@]3(C)C(N)=O)C(F)(F)F)cc2cn(C3CC3)nc12. The molecule has 3 heterocycles. The van der Waals surface area contributed by atoms with E-state index in [4.69, 9.17) is 15.2 Å². The Morgan fingerprint density at radius 1 is 1.11 bits per heavy atom. The Balaban J connectivity index is 1.30. The van der Waals surface area contributed by atoms with Crippen LogP contribution in [0.3, 0.4) is 0 Å². The van der Waals surface area contributed by atoms with Gasteiger partial charge in [-0.1, -0.05) is 36.4 Å². The van der Waals surface area contributed by atoms with E-state index in [9.17, 15) is 27.9 Å². The highest BCUT2D eigenvalue weighted by Crippen LogP contribution is 2.48. The number of benzene rings is 3. The topological polar surface area (TPSA) is 142 Å². The monoisotopic (exact) mass is 645 g/mol. The maximum absolute atomic E-state index is 14.9. The van der Waals surface area contributed by atoms with Crippen LogP contribution in [0, 0.1) is 0 Å². The van der Waals surface area contributed by atoms with Gasteiger partial charge >= 0.3 is 6.18 Å². The number of amides is 2. The zero-order valence-electron chi connectivity index (χ0n) is 25.4. The normalized spacial score (nSPS) is 18.9. The molecule has 1 aliphatic heterocycles. The first-order chi connectivity index (χ1) is 22.3. The summed E-state index contributed by atoms with van der Waals surface area (Å²) in [7, 11) is 1.41. The van der Waals surface area contributed by atoms with E-state index in [1.165, 1.54) is 26.2 Å². The van der Waals surface area contributed by atoms with E-state index >= 15 is 0 Å². The molecule has 242 valence electrons. The van der Waals surface area contributed by atoms with Gasteiger partial charge in [-0.25, -0.2) is 4.98 Å². The van der Waals surface area contributed by atoms with E-state index in [1.54, 1.807) is 29.1 Å². The molecule has 5 aromatic rings. The van der Waals surface area contributed by atoms with Crippen LogP contribution in [-0.2, 0) is 15.8 Å². The van der Waals surface area contributed by atoms with Crippen LogP contribution >= 0.6 is 0 Å². The molecule has 0 saturated heterocycles. The van der Waals surface area contributed by atoms with Crippen molar-refractivity contribution in [1.29, 1.82) is 0 Å². The van der Waals surface area contributed by atoms with Gasteiger partial charge in [-0.05, 0) is 54.8 Å². The average Bonchev–Trinajstić information content (AvgIpc) is 3.72. The minimum Gasteiger partial charge on any atom is -0.494 e. The van der Waals surface area contributed by atoms with Crippen molar-refractivity contribution >= 4 is 33.5 Å². The number of hydrogen-bond donors (Lipinski definition) is 3. The third kappa shape index (κ3) is 5.01. The van der Waals surface area contributed by atoms with Crippen molar-refractivity contribution in [2.24, 2.45) is 5.73 Å². The summed E-state index contributed by atoms with van der Waals surface area (Å²) in [5.41, 5.74) is 0.672. The fraction of sp³-hybridized carbons (Fsp3) is 0.294. The first kappa shape index (κ1) is 30.5.